The molecule has 1 atom stereocenters. The molecule has 114 valence electrons. The van der Waals surface area contributed by atoms with Gasteiger partial charge in [0.2, 0.25) is 0 Å². The van der Waals surface area contributed by atoms with Gasteiger partial charge in [-0.1, -0.05) is 6.07 Å². The van der Waals surface area contributed by atoms with E-state index in [0.29, 0.717) is 21.7 Å². The number of anilines is 1. The van der Waals surface area contributed by atoms with E-state index in [1.807, 2.05) is 0 Å². The van der Waals surface area contributed by atoms with Crippen molar-refractivity contribution in [2.24, 2.45) is 0 Å². The number of methoxy groups -OCH3 is 1. The van der Waals surface area contributed by atoms with Gasteiger partial charge in [0.15, 0.2) is 0 Å². The van der Waals surface area contributed by atoms with Gasteiger partial charge in [0.1, 0.15) is 0 Å². The first-order valence-corrected chi connectivity index (χ1v) is 8.00. The highest BCUT2D eigenvalue weighted by atomic mass is 32.2. The Morgan fingerprint density at radius 2 is 1.73 bits per heavy atom. The first-order chi connectivity index (χ1) is 10.5. The molecular weight excluding hydrogens is 302 g/mol. The zero-order chi connectivity index (χ0) is 16.1. The molecule has 2 rings (SSSR count). The maximum Gasteiger partial charge on any atom is 0.337 e. The van der Waals surface area contributed by atoms with Crippen molar-refractivity contribution in [3.8, 4) is 0 Å². The predicted molar refractivity (Wildman–Crippen MR) is 84.5 cm³/mol. The third kappa shape index (κ3) is 3.79. The minimum absolute atomic E-state index is 0.310. The fraction of sp³-hybridized carbons (Fsp3) is 0.125. The average molecular weight is 317 g/mol. The van der Waals surface area contributed by atoms with E-state index in [9.17, 15) is 13.8 Å². The third-order valence-corrected chi connectivity index (χ3v) is 3.93. The van der Waals surface area contributed by atoms with Crippen LogP contribution in [0.2, 0.25) is 0 Å². The van der Waals surface area contributed by atoms with Crippen LogP contribution in [0.5, 0.6) is 0 Å². The molecule has 0 aliphatic heterocycles. The van der Waals surface area contributed by atoms with Crippen LogP contribution >= 0.6 is 0 Å². The molecule has 1 unspecified atom stereocenters. The molecule has 1 N–H and O–H groups in total. The Bertz CT molecular complexity index is 725. The quantitative estimate of drug-likeness (QED) is 0.879. The summed E-state index contributed by atoms with van der Waals surface area (Å²) in [5.41, 5.74) is 1.30. The number of carbonyl (C=O) groups is 2. The van der Waals surface area contributed by atoms with Gasteiger partial charge in [-0.2, -0.15) is 0 Å². The lowest BCUT2D eigenvalue weighted by atomic mass is 10.1. The molecule has 2 aromatic carbocycles. The highest BCUT2D eigenvalue weighted by molar-refractivity contribution is 7.84. The third-order valence-electron chi connectivity index (χ3n) is 2.99. The van der Waals surface area contributed by atoms with Crippen LogP contribution in [0.1, 0.15) is 20.7 Å². The lowest BCUT2D eigenvalue weighted by Crippen LogP contribution is -2.12. The number of esters is 1. The Balaban J connectivity index is 2.14. The standard InChI is InChI=1S/C16H15NO4S/c1-21-16(19)12-4-3-5-13(10-12)17-15(18)11-6-8-14(9-7-11)22(2)20/h3-10H,1-2H3,(H,17,18). The summed E-state index contributed by atoms with van der Waals surface area (Å²) in [5.74, 6) is -0.777. The van der Waals surface area contributed by atoms with Gasteiger partial charge in [-0.3, -0.25) is 9.00 Å². The fourth-order valence-corrected chi connectivity index (χ4v) is 2.36. The van der Waals surface area contributed by atoms with Crippen LogP contribution in [0.3, 0.4) is 0 Å². The molecule has 0 aliphatic carbocycles. The Hall–Kier alpha value is -2.47. The van der Waals surface area contributed by atoms with Crippen molar-refractivity contribution < 1.29 is 18.5 Å². The fourth-order valence-electron chi connectivity index (χ4n) is 1.84. The number of carbonyl (C=O) groups excluding carboxylic acids is 2. The van der Waals surface area contributed by atoms with Crippen molar-refractivity contribution >= 4 is 28.4 Å². The van der Waals surface area contributed by atoms with E-state index in [1.54, 1.807) is 54.8 Å². The van der Waals surface area contributed by atoms with Crippen molar-refractivity contribution in [1.29, 1.82) is 0 Å². The highest BCUT2D eigenvalue weighted by Crippen LogP contribution is 2.14. The summed E-state index contributed by atoms with van der Waals surface area (Å²) in [6.45, 7) is 0. The van der Waals surface area contributed by atoms with Crippen LogP contribution in [-0.2, 0) is 15.5 Å². The van der Waals surface area contributed by atoms with Crippen LogP contribution in [-0.4, -0.2) is 29.5 Å². The van der Waals surface area contributed by atoms with Crippen LogP contribution in [0, 0.1) is 0 Å². The smallest absolute Gasteiger partial charge is 0.337 e. The second-order valence-corrected chi connectivity index (χ2v) is 5.88. The van der Waals surface area contributed by atoms with E-state index < -0.39 is 16.8 Å². The molecule has 0 spiro atoms. The summed E-state index contributed by atoms with van der Waals surface area (Å²) in [6.07, 6.45) is 1.58. The van der Waals surface area contributed by atoms with Gasteiger partial charge >= 0.3 is 5.97 Å². The predicted octanol–water partition coefficient (Wildman–Crippen LogP) is 2.46. The summed E-state index contributed by atoms with van der Waals surface area (Å²) >= 11 is 0. The molecule has 6 heteroatoms. The van der Waals surface area contributed by atoms with E-state index in [0.717, 1.165) is 0 Å². The van der Waals surface area contributed by atoms with Crippen molar-refractivity contribution in [3.63, 3.8) is 0 Å². The number of rotatable bonds is 4. The molecule has 0 saturated carbocycles. The van der Waals surface area contributed by atoms with Crippen molar-refractivity contribution in [3.05, 3.63) is 59.7 Å². The van der Waals surface area contributed by atoms with Gasteiger partial charge in [0.05, 0.1) is 12.7 Å². The number of hydrogen-bond acceptors (Lipinski definition) is 4. The Kier molecular flexibility index (Phi) is 5.06. The van der Waals surface area contributed by atoms with Gasteiger partial charge in [-0.05, 0) is 42.5 Å². The monoisotopic (exact) mass is 317 g/mol. The van der Waals surface area contributed by atoms with Crippen LogP contribution < -0.4 is 5.32 Å². The van der Waals surface area contributed by atoms with Crippen molar-refractivity contribution in [1.82, 2.24) is 0 Å². The SMILES string of the molecule is COC(=O)c1cccc(NC(=O)c2ccc(S(C)=O)cc2)c1. The zero-order valence-electron chi connectivity index (χ0n) is 12.2. The molecule has 0 heterocycles. The van der Waals surface area contributed by atoms with Crippen molar-refractivity contribution in [2.75, 3.05) is 18.7 Å². The van der Waals surface area contributed by atoms with Gasteiger partial charge in [-0.15, -0.1) is 0 Å². The van der Waals surface area contributed by atoms with Crippen molar-refractivity contribution in [2.45, 2.75) is 4.90 Å². The van der Waals surface area contributed by atoms with Gasteiger partial charge in [-0.25, -0.2) is 4.79 Å². The van der Waals surface area contributed by atoms with E-state index in [2.05, 4.69) is 10.1 Å². The molecule has 0 fully saturated rings. The number of nitrogens with one attached hydrogen (secondary N) is 1. The number of amides is 1. The highest BCUT2D eigenvalue weighted by Gasteiger charge is 2.09. The van der Waals surface area contributed by atoms with Crippen LogP contribution in [0.4, 0.5) is 5.69 Å². The molecule has 1 amide bonds. The van der Waals surface area contributed by atoms with Crippen LogP contribution in [0.25, 0.3) is 0 Å². The Morgan fingerprint density at radius 3 is 2.32 bits per heavy atom. The number of ether oxygens (including phenoxy) is 1. The summed E-state index contributed by atoms with van der Waals surface area (Å²) in [4.78, 5) is 24.3. The molecule has 0 aromatic heterocycles. The molecule has 0 radical (unpaired) electrons. The van der Waals surface area contributed by atoms with E-state index in [-0.39, 0.29) is 5.91 Å². The topological polar surface area (TPSA) is 72.5 Å². The zero-order valence-corrected chi connectivity index (χ0v) is 13.0. The number of benzene rings is 2. The van der Waals surface area contributed by atoms with Gasteiger partial charge < -0.3 is 10.1 Å². The largest absolute Gasteiger partial charge is 0.465 e. The normalized spacial score (nSPS) is 11.5. The number of hydrogen-bond donors (Lipinski definition) is 1. The second kappa shape index (κ2) is 7.00. The summed E-state index contributed by atoms with van der Waals surface area (Å²) < 4.78 is 16.0. The molecule has 22 heavy (non-hydrogen) atoms. The second-order valence-electron chi connectivity index (χ2n) is 4.51. The van der Waals surface area contributed by atoms with E-state index in [1.165, 1.54) is 7.11 Å². The minimum Gasteiger partial charge on any atom is -0.465 e. The summed E-state index contributed by atoms with van der Waals surface area (Å²) in [6, 6.07) is 13.0. The van der Waals surface area contributed by atoms with Gasteiger partial charge in [0, 0.05) is 33.2 Å². The maximum atomic E-state index is 12.1. The molecular formula is C16H15NO4S. The summed E-state index contributed by atoms with van der Waals surface area (Å²) in [5, 5.41) is 2.70. The molecule has 5 nitrogen and oxygen atoms in total. The lowest BCUT2D eigenvalue weighted by Gasteiger charge is -2.07. The minimum atomic E-state index is -1.08. The maximum absolute atomic E-state index is 12.1. The average Bonchev–Trinajstić information content (AvgIpc) is 2.54. The molecule has 0 bridgehead atoms. The summed E-state index contributed by atoms with van der Waals surface area (Å²) in [7, 11) is 0.217. The Morgan fingerprint density at radius 1 is 1.05 bits per heavy atom. The molecule has 2 aromatic rings. The van der Waals surface area contributed by atoms with Gasteiger partial charge in [0.25, 0.3) is 5.91 Å². The van der Waals surface area contributed by atoms with E-state index >= 15 is 0 Å². The lowest BCUT2D eigenvalue weighted by molar-refractivity contribution is 0.0600. The van der Waals surface area contributed by atoms with E-state index in [4.69, 9.17) is 0 Å². The van der Waals surface area contributed by atoms with Crippen LogP contribution in [0.15, 0.2) is 53.4 Å². The molecule has 0 aliphatic rings. The first-order valence-electron chi connectivity index (χ1n) is 6.44. The Labute approximate surface area is 130 Å². The molecule has 0 saturated heterocycles. The first kappa shape index (κ1) is 15.9.